The maximum Gasteiger partial charge on any atom is 0.357 e. The number of aromatic hydroxyl groups is 1. The maximum atomic E-state index is 14.2. The molecule has 2 fully saturated rings. The third-order valence-corrected chi connectivity index (χ3v) is 10.6. The number of hydrogen-bond acceptors (Lipinski definition) is 9. The average molecular weight is 668 g/mol. The van der Waals surface area contributed by atoms with Crippen molar-refractivity contribution in [2.24, 2.45) is 5.92 Å². The molecule has 0 bridgehead atoms. The van der Waals surface area contributed by atoms with Crippen LogP contribution in [0.3, 0.4) is 0 Å². The van der Waals surface area contributed by atoms with Crippen LogP contribution < -0.4 is 5.32 Å². The molecule has 256 valence electrons. The second-order valence-corrected chi connectivity index (χ2v) is 14.3. The van der Waals surface area contributed by atoms with Crippen LogP contribution in [0.15, 0.2) is 42.3 Å². The summed E-state index contributed by atoms with van der Waals surface area (Å²) < 4.78 is 4.80. The van der Waals surface area contributed by atoms with Gasteiger partial charge in [-0.3, -0.25) is 19.3 Å². The molecule has 4 rings (SSSR count). The quantitative estimate of drug-likeness (QED) is 0.239. The summed E-state index contributed by atoms with van der Waals surface area (Å²) >= 11 is 1.33. The van der Waals surface area contributed by atoms with Crippen molar-refractivity contribution >= 4 is 35.0 Å². The predicted octanol–water partition coefficient (Wildman–Crippen LogP) is 4.33. The van der Waals surface area contributed by atoms with Crippen molar-refractivity contribution in [1.82, 2.24) is 25.0 Å². The Kier molecular flexibility index (Phi) is 11.8. The molecule has 0 spiro atoms. The number of nitrogens with one attached hydrogen (secondary N) is 1. The van der Waals surface area contributed by atoms with Crippen molar-refractivity contribution in [3.8, 4) is 5.75 Å². The van der Waals surface area contributed by atoms with Gasteiger partial charge in [-0.15, -0.1) is 17.9 Å². The minimum absolute atomic E-state index is 0.124. The first-order chi connectivity index (χ1) is 22.3. The van der Waals surface area contributed by atoms with E-state index in [1.807, 2.05) is 51.8 Å². The largest absolute Gasteiger partial charge is 0.508 e. The number of methoxy groups -OCH3 is 1. The molecule has 47 heavy (non-hydrogen) atoms. The fourth-order valence-corrected chi connectivity index (χ4v) is 7.29. The summed E-state index contributed by atoms with van der Waals surface area (Å²) in [5.74, 6) is -1.20. The van der Waals surface area contributed by atoms with Crippen LogP contribution in [0.2, 0.25) is 0 Å². The number of phenols is 1. The molecule has 1 aromatic carbocycles. The average Bonchev–Trinajstić information content (AvgIpc) is 3.84. The van der Waals surface area contributed by atoms with E-state index in [9.17, 15) is 24.3 Å². The molecule has 2 aliphatic heterocycles. The number of phenolic OH excluding ortho intramolecular Hbond substituents is 1. The monoisotopic (exact) mass is 667 g/mol. The van der Waals surface area contributed by atoms with Gasteiger partial charge in [-0.25, -0.2) is 9.78 Å². The van der Waals surface area contributed by atoms with Crippen LogP contribution in [0, 0.1) is 5.92 Å². The van der Waals surface area contributed by atoms with Crippen molar-refractivity contribution in [2.75, 3.05) is 27.2 Å². The van der Waals surface area contributed by atoms with Crippen LogP contribution >= 0.6 is 11.3 Å². The molecular formula is C35H49N5O6S. The Balaban J connectivity index is 1.51. The van der Waals surface area contributed by atoms with Gasteiger partial charge in [0.2, 0.25) is 17.7 Å². The standard InChI is InChI=1S/C35H49N5O6S/c1-8-35(4,5)38(6)26(18-15-23-13-16-24(41)17-14-23)30(42)37-29(22(2)3)33(44)40-20-10-12-28(40)32(43)39-19-9-11-27(39)31-36-25(21-47-31)34(45)46-7/h8,13-14,16-17,21-22,26-29,41H,1,9-12,15,18-20H2,2-7H3,(H,37,42). The number of benzene rings is 1. The molecule has 0 radical (unpaired) electrons. The SMILES string of the molecule is C=CC(C)(C)N(C)C(CCc1ccc(O)cc1)C(=O)NC(C(=O)N1CCCC1C(=O)N1CCCC1c1nc(C(=O)OC)cs1)C(C)C. The Morgan fingerprint density at radius 3 is 2.45 bits per heavy atom. The normalized spacial score (nSPS) is 19.6. The summed E-state index contributed by atoms with van der Waals surface area (Å²) in [4.78, 5) is 64.1. The van der Waals surface area contributed by atoms with Crippen molar-refractivity contribution in [2.45, 2.75) is 95.9 Å². The lowest BCUT2D eigenvalue weighted by molar-refractivity contribution is -0.147. The van der Waals surface area contributed by atoms with Crippen molar-refractivity contribution < 1.29 is 29.0 Å². The van der Waals surface area contributed by atoms with Gasteiger partial charge in [-0.1, -0.05) is 32.1 Å². The highest BCUT2D eigenvalue weighted by Crippen LogP contribution is 2.36. The molecule has 3 amide bonds. The molecule has 0 aliphatic carbocycles. The Morgan fingerprint density at radius 1 is 1.15 bits per heavy atom. The molecule has 12 heteroatoms. The molecule has 2 N–H and O–H groups in total. The predicted molar refractivity (Wildman–Crippen MR) is 181 cm³/mol. The third-order valence-electron chi connectivity index (χ3n) is 9.61. The first-order valence-corrected chi connectivity index (χ1v) is 17.3. The van der Waals surface area contributed by atoms with Crippen molar-refractivity contribution in [1.29, 1.82) is 0 Å². The second kappa shape index (κ2) is 15.4. The van der Waals surface area contributed by atoms with E-state index in [-0.39, 0.29) is 41.1 Å². The van der Waals surface area contributed by atoms with E-state index in [2.05, 4.69) is 16.9 Å². The Labute approximate surface area is 282 Å². The van der Waals surface area contributed by atoms with Gasteiger partial charge >= 0.3 is 5.97 Å². The Morgan fingerprint density at radius 2 is 1.81 bits per heavy atom. The molecule has 4 atom stereocenters. The smallest absolute Gasteiger partial charge is 0.357 e. The molecule has 2 aliphatic rings. The number of ether oxygens (including phenoxy) is 1. The number of amides is 3. The molecule has 2 saturated heterocycles. The number of thiazole rings is 1. The first-order valence-electron chi connectivity index (χ1n) is 16.4. The van der Waals surface area contributed by atoms with Gasteiger partial charge in [0.1, 0.15) is 22.8 Å². The van der Waals surface area contributed by atoms with Gasteiger partial charge < -0.3 is 25.0 Å². The number of carbonyl (C=O) groups is 4. The van der Waals surface area contributed by atoms with Crippen LogP contribution in [0.5, 0.6) is 5.75 Å². The molecule has 2 aromatic rings. The minimum atomic E-state index is -0.816. The van der Waals surface area contributed by atoms with Gasteiger partial charge in [0.25, 0.3) is 0 Å². The summed E-state index contributed by atoms with van der Waals surface area (Å²) in [6.07, 6.45) is 5.64. The fraction of sp³-hybridized carbons (Fsp3) is 0.571. The van der Waals surface area contributed by atoms with Crippen molar-refractivity contribution in [3.05, 3.63) is 58.6 Å². The van der Waals surface area contributed by atoms with E-state index >= 15 is 0 Å². The number of esters is 1. The van der Waals surface area contributed by atoms with E-state index in [4.69, 9.17) is 4.74 Å². The number of aromatic nitrogens is 1. The van der Waals surface area contributed by atoms with Crippen LogP contribution in [0.4, 0.5) is 0 Å². The summed E-state index contributed by atoms with van der Waals surface area (Å²) in [6, 6.07) is 4.66. The number of hydrogen-bond donors (Lipinski definition) is 2. The highest BCUT2D eigenvalue weighted by molar-refractivity contribution is 7.09. The van der Waals surface area contributed by atoms with Gasteiger partial charge in [0, 0.05) is 24.0 Å². The lowest BCUT2D eigenvalue weighted by Crippen LogP contribution is -2.59. The molecule has 3 heterocycles. The van der Waals surface area contributed by atoms with E-state index in [0.717, 1.165) is 18.4 Å². The van der Waals surface area contributed by atoms with Crippen LogP contribution in [0.1, 0.15) is 86.9 Å². The van der Waals surface area contributed by atoms with Crippen molar-refractivity contribution in [3.63, 3.8) is 0 Å². The highest BCUT2D eigenvalue weighted by Gasteiger charge is 2.44. The fourth-order valence-electron chi connectivity index (χ4n) is 6.36. The van der Waals surface area contributed by atoms with Crippen LogP contribution in [-0.4, -0.2) is 99.4 Å². The molecular weight excluding hydrogens is 618 g/mol. The summed E-state index contributed by atoms with van der Waals surface area (Å²) in [7, 11) is 3.19. The maximum absolute atomic E-state index is 14.2. The van der Waals surface area contributed by atoms with Crippen LogP contribution in [-0.2, 0) is 25.5 Å². The van der Waals surface area contributed by atoms with Crippen LogP contribution in [0.25, 0.3) is 0 Å². The van der Waals surface area contributed by atoms with E-state index in [0.29, 0.717) is 43.8 Å². The molecule has 1 aromatic heterocycles. The number of carbonyl (C=O) groups excluding carboxylic acids is 4. The van der Waals surface area contributed by atoms with Gasteiger partial charge in [0.15, 0.2) is 5.69 Å². The van der Waals surface area contributed by atoms with Gasteiger partial charge in [-0.05, 0) is 83.0 Å². The number of likely N-dealkylation sites (tertiary alicyclic amines) is 2. The highest BCUT2D eigenvalue weighted by atomic mass is 32.1. The van der Waals surface area contributed by atoms with Gasteiger partial charge in [-0.2, -0.15) is 0 Å². The zero-order chi connectivity index (χ0) is 34.5. The second-order valence-electron chi connectivity index (χ2n) is 13.4. The molecule has 0 saturated carbocycles. The number of rotatable bonds is 13. The number of nitrogens with zero attached hydrogens (tertiary/aromatic N) is 4. The van der Waals surface area contributed by atoms with E-state index in [1.54, 1.807) is 33.4 Å². The molecule has 4 unspecified atom stereocenters. The van der Waals surface area contributed by atoms with E-state index < -0.39 is 29.6 Å². The zero-order valence-electron chi connectivity index (χ0n) is 28.4. The van der Waals surface area contributed by atoms with Gasteiger partial charge in [0.05, 0.1) is 19.2 Å². The minimum Gasteiger partial charge on any atom is -0.508 e. The zero-order valence-corrected chi connectivity index (χ0v) is 29.2. The summed E-state index contributed by atoms with van der Waals surface area (Å²) in [6.45, 7) is 12.7. The lowest BCUT2D eigenvalue weighted by atomic mass is 9.95. The first kappa shape index (κ1) is 36.1. The third kappa shape index (κ3) is 8.21. The summed E-state index contributed by atoms with van der Waals surface area (Å²) in [5, 5.41) is 15.1. The summed E-state index contributed by atoms with van der Waals surface area (Å²) in [5.41, 5.74) is 0.713. The molecule has 11 nitrogen and oxygen atoms in total. The van der Waals surface area contributed by atoms with E-state index in [1.165, 1.54) is 18.4 Å². The topological polar surface area (TPSA) is 132 Å². The Bertz CT molecular complexity index is 1440. The number of likely N-dealkylation sites (N-methyl/N-ethyl adjacent to an activating group) is 1. The number of aryl methyl sites for hydroxylation is 1. The lowest BCUT2D eigenvalue weighted by Gasteiger charge is -2.39. The Hall–Kier alpha value is -3.77.